The van der Waals surface area contributed by atoms with Gasteiger partial charge in [-0.05, 0) is 32.4 Å². The van der Waals surface area contributed by atoms with Gasteiger partial charge < -0.3 is 15.5 Å². The van der Waals surface area contributed by atoms with Gasteiger partial charge in [0.2, 0.25) is 11.8 Å². The summed E-state index contributed by atoms with van der Waals surface area (Å²) in [4.78, 5) is 39.2. The number of rotatable bonds is 6. The lowest BCUT2D eigenvalue weighted by Crippen LogP contribution is -2.43. The molecular formula is C18H22N3O4+. The predicted molar refractivity (Wildman–Crippen MR) is 90.4 cm³/mol. The fourth-order valence-corrected chi connectivity index (χ4v) is 2.73. The second-order valence-electron chi connectivity index (χ2n) is 5.79. The molecule has 25 heavy (non-hydrogen) atoms. The zero-order valence-electron chi connectivity index (χ0n) is 14.8. The maximum Gasteiger partial charge on any atom is 0.340 e. The van der Waals surface area contributed by atoms with Crippen molar-refractivity contribution >= 4 is 17.7 Å². The van der Waals surface area contributed by atoms with Crippen molar-refractivity contribution in [2.24, 2.45) is 5.73 Å². The number of ether oxygens (including phenoxy) is 1. The van der Waals surface area contributed by atoms with E-state index in [2.05, 4.69) is 4.98 Å². The standard InChI is InChI=1S/C18H21N3O4/c1-5-25-18(24)14-10(2)15(20-11(14)3)16(22)12(4)21-8-6-7-13(9-21)17(19)23/h6-9,12H,5H2,1-4H3,(H2-,19,20,22,23,24)/p+1/t12-/m0/s1. The molecule has 0 fully saturated rings. The van der Waals surface area contributed by atoms with Gasteiger partial charge in [0.05, 0.1) is 17.9 Å². The molecule has 1 amide bonds. The predicted octanol–water partition coefficient (Wildman–Crippen LogP) is 1.64. The molecule has 2 heterocycles. The summed E-state index contributed by atoms with van der Waals surface area (Å²) in [5.74, 6) is -1.22. The van der Waals surface area contributed by atoms with Crippen molar-refractivity contribution in [1.82, 2.24) is 4.98 Å². The average Bonchev–Trinajstić information content (AvgIpc) is 2.88. The second kappa shape index (κ2) is 7.29. The van der Waals surface area contributed by atoms with E-state index in [0.717, 1.165) is 0 Å². The first-order valence-corrected chi connectivity index (χ1v) is 7.99. The maximum absolute atomic E-state index is 12.9. The molecular weight excluding hydrogens is 322 g/mol. The van der Waals surface area contributed by atoms with Crippen molar-refractivity contribution in [2.75, 3.05) is 6.61 Å². The highest BCUT2D eigenvalue weighted by Gasteiger charge is 2.30. The third-order valence-electron chi connectivity index (χ3n) is 4.10. The number of esters is 1. The Morgan fingerprint density at radius 1 is 1.32 bits per heavy atom. The molecule has 2 rings (SSSR count). The van der Waals surface area contributed by atoms with Gasteiger partial charge in [-0.1, -0.05) is 0 Å². The molecule has 0 spiro atoms. The molecule has 7 heteroatoms. The highest BCUT2D eigenvalue weighted by molar-refractivity contribution is 6.02. The van der Waals surface area contributed by atoms with Gasteiger partial charge in [0.25, 0.3) is 5.91 Å². The third-order valence-corrected chi connectivity index (χ3v) is 4.10. The molecule has 0 aliphatic heterocycles. The van der Waals surface area contributed by atoms with E-state index in [1.165, 1.54) is 6.20 Å². The van der Waals surface area contributed by atoms with Crippen molar-refractivity contribution in [3.05, 3.63) is 52.6 Å². The van der Waals surface area contributed by atoms with Crippen LogP contribution in [0.2, 0.25) is 0 Å². The third kappa shape index (κ3) is 3.60. The summed E-state index contributed by atoms with van der Waals surface area (Å²) in [5.41, 5.74) is 7.47. The van der Waals surface area contributed by atoms with Gasteiger partial charge in [0.1, 0.15) is 5.56 Å². The topological polar surface area (TPSA) is 106 Å². The number of carbonyl (C=O) groups is 3. The fraction of sp³-hybridized carbons (Fsp3) is 0.333. The van der Waals surface area contributed by atoms with Crippen LogP contribution in [0.15, 0.2) is 24.5 Å². The molecule has 2 aromatic heterocycles. The minimum absolute atomic E-state index is 0.206. The van der Waals surface area contributed by atoms with E-state index in [0.29, 0.717) is 28.1 Å². The lowest BCUT2D eigenvalue weighted by atomic mass is 10.0. The number of hydrogen-bond acceptors (Lipinski definition) is 4. The Hall–Kier alpha value is -2.96. The van der Waals surface area contributed by atoms with E-state index in [1.807, 2.05) is 0 Å². The smallest absolute Gasteiger partial charge is 0.340 e. The zero-order valence-corrected chi connectivity index (χ0v) is 14.8. The van der Waals surface area contributed by atoms with Crippen molar-refractivity contribution in [1.29, 1.82) is 0 Å². The largest absolute Gasteiger partial charge is 0.462 e. The summed E-state index contributed by atoms with van der Waals surface area (Å²) in [6.45, 7) is 7.14. The van der Waals surface area contributed by atoms with Crippen molar-refractivity contribution < 1.29 is 23.7 Å². The molecule has 0 aliphatic carbocycles. The van der Waals surface area contributed by atoms with Crippen LogP contribution in [0, 0.1) is 13.8 Å². The highest BCUT2D eigenvalue weighted by Crippen LogP contribution is 2.21. The van der Waals surface area contributed by atoms with E-state index in [4.69, 9.17) is 10.5 Å². The van der Waals surface area contributed by atoms with Crippen LogP contribution in [0.25, 0.3) is 0 Å². The molecule has 132 valence electrons. The normalized spacial score (nSPS) is 11.8. The summed E-state index contributed by atoms with van der Waals surface area (Å²) in [5, 5.41) is 0. The summed E-state index contributed by atoms with van der Waals surface area (Å²) in [6.07, 6.45) is 3.22. The average molecular weight is 344 g/mol. The van der Waals surface area contributed by atoms with Crippen molar-refractivity contribution in [3.8, 4) is 0 Å². The van der Waals surface area contributed by atoms with Crippen molar-refractivity contribution in [2.45, 2.75) is 33.7 Å². The van der Waals surface area contributed by atoms with Gasteiger partial charge in [-0.15, -0.1) is 0 Å². The van der Waals surface area contributed by atoms with E-state index >= 15 is 0 Å². The minimum Gasteiger partial charge on any atom is -0.462 e. The van der Waals surface area contributed by atoms with Crippen LogP contribution in [0.3, 0.4) is 0 Å². The molecule has 7 nitrogen and oxygen atoms in total. The molecule has 0 aliphatic rings. The maximum atomic E-state index is 12.9. The number of H-pyrrole nitrogens is 1. The number of nitrogens with one attached hydrogen (secondary N) is 1. The van der Waals surface area contributed by atoms with E-state index in [1.54, 1.807) is 50.6 Å². The number of hydrogen-bond donors (Lipinski definition) is 2. The highest BCUT2D eigenvalue weighted by atomic mass is 16.5. The number of aromatic amines is 1. The van der Waals surface area contributed by atoms with Crippen molar-refractivity contribution in [3.63, 3.8) is 0 Å². The number of ketones is 1. The first-order chi connectivity index (χ1) is 11.8. The Morgan fingerprint density at radius 3 is 2.60 bits per heavy atom. The van der Waals surface area contributed by atoms with Gasteiger partial charge in [0.15, 0.2) is 12.4 Å². The number of nitrogens with zero attached hydrogens (tertiary/aromatic N) is 1. The van der Waals surface area contributed by atoms with Gasteiger partial charge in [-0.3, -0.25) is 9.59 Å². The number of pyridine rings is 1. The zero-order chi connectivity index (χ0) is 18.7. The van der Waals surface area contributed by atoms with Crippen LogP contribution in [-0.2, 0) is 4.74 Å². The molecule has 2 aromatic rings. The van der Waals surface area contributed by atoms with Gasteiger partial charge in [-0.25, -0.2) is 4.79 Å². The number of amides is 1. The summed E-state index contributed by atoms with van der Waals surface area (Å²) in [6, 6.07) is 2.66. The summed E-state index contributed by atoms with van der Waals surface area (Å²) < 4.78 is 6.66. The van der Waals surface area contributed by atoms with Gasteiger partial charge >= 0.3 is 5.97 Å². The Labute approximate surface area is 145 Å². The Balaban J connectivity index is 2.38. The SMILES string of the molecule is CCOC(=O)c1c(C)[nH]c(C(=O)[C@H](C)[n+]2cccc(C(N)=O)c2)c1C. The molecule has 1 atom stereocenters. The van der Waals surface area contributed by atoms with E-state index in [-0.39, 0.29) is 12.4 Å². The van der Waals surface area contributed by atoms with Crippen LogP contribution < -0.4 is 10.3 Å². The first-order valence-electron chi connectivity index (χ1n) is 7.99. The molecule has 0 bridgehead atoms. The first kappa shape index (κ1) is 18.4. The minimum atomic E-state index is -0.578. The quantitative estimate of drug-likeness (QED) is 0.472. The number of aromatic nitrogens is 2. The van der Waals surface area contributed by atoms with Crippen LogP contribution in [-0.4, -0.2) is 29.3 Å². The molecule has 0 unspecified atom stereocenters. The summed E-state index contributed by atoms with van der Waals surface area (Å²) >= 11 is 0. The molecule has 0 saturated carbocycles. The lowest BCUT2D eigenvalue weighted by molar-refractivity contribution is -0.704. The number of Topliss-reactive ketones (excluding diaryl/α,β-unsaturated/α-hetero) is 1. The monoisotopic (exact) mass is 344 g/mol. The van der Waals surface area contributed by atoms with Crippen LogP contribution in [0.4, 0.5) is 0 Å². The van der Waals surface area contributed by atoms with Gasteiger partial charge in [-0.2, -0.15) is 4.57 Å². The number of carbonyl (C=O) groups excluding carboxylic acids is 3. The second-order valence-corrected chi connectivity index (χ2v) is 5.79. The fourth-order valence-electron chi connectivity index (χ4n) is 2.73. The van der Waals surface area contributed by atoms with Crippen LogP contribution >= 0.6 is 0 Å². The Morgan fingerprint density at radius 2 is 2.00 bits per heavy atom. The van der Waals surface area contributed by atoms with E-state index in [9.17, 15) is 14.4 Å². The molecule has 3 N–H and O–H groups in total. The van der Waals surface area contributed by atoms with Gasteiger partial charge in [0, 0.05) is 18.7 Å². The van der Waals surface area contributed by atoms with E-state index < -0.39 is 17.9 Å². The van der Waals surface area contributed by atoms with Crippen LogP contribution in [0.1, 0.15) is 62.4 Å². The number of aryl methyl sites for hydroxylation is 1. The van der Waals surface area contributed by atoms with Crippen LogP contribution in [0.5, 0.6) is 0 Å². The summed E-state index contributed by atoms with van der Waals surface area (Å²) in [7, 11) is 0. The molecule has 0 saturated heterocycles. The Bertz CT molecular complexity index is 839. The molecule has 0 aromatic carbocycles. The number of nitrogens with two attached hydrogens (primary N) is 1. The molecule has 0 radical (unpaired) electrons. The lowest BCUT2D eigenvalue weighted by Gasteiger charge is -2.07. The number of primary amides is 1. The Kier molecular flexibility index (Phi) is 5.36.